The summed E-state index contributed by atoms with van der Waals surface area (Å²) in [7, 11) is 0. The highest BCUT2D eigenvalue weighted by molar-refractivity contribution is 5.79. The fourth-order valence-corrected chi connectivity index (χ4v) is 3.92. The molecular weight excluding hydrogens is 370 g/mol. The molecule has 1 amide bonds. The van der Waals surface area contributed by atoms with E-state index >= 15 is 0 Å². The van der Waals surface area contributed by atoms with Gasteiger partial charge in [-0.1, -0.05) is 91.5 Å². The van der Waals surface area contributed by atoms with Crippen LogP contribution in [-0.4, -0.2) is 19.2 Å². The van der Waals surface area contributed by atoms with Crippen molar-refractivity contribution in [1.29, 1.82) is 0 Å². The van der Waals surface area contributed by atoms with Crippen LogP contribution in [0.15, 0.2) is 85.5 Å². The van der Waals surface area contributed by atoms with Crippen LogP contribution in [0.3, 0.4) is 0 Å². The monoisotopic (exact) mass is 395 g/mol. The lowest BCUT2D eigenvalue weighted by Crippen LogP contribution is -2.26. The predicted molar refractivity (Wildman–Crippen MR) is 123 cm³/mol. The van der Waals surface area contributed by atoms with Crippen LogP contribution >= 0.6 is 0 Å². The van der Waals surface area contributed by atoms with Gasteiger partial charge in [-0.15, -0.1) is 0 Å². The number of carbonyl (C=O) groups excluding carboxylic acids is 1. The number of amides is 1. The van der Waals surface area contributed by atoms with Crippen molar-refractivity contribution in [3.8, 4) is 11.1 Å². The average molecular weight is 396 g/mol. The molecule has 3 nitrogen and oxygen atoms in total. The van der Waals surface area contributed by atoms with Crippen LogP contribution in [0.5, 0.6) is 0 Å². The maximum Gasteiger partial charge on any atom is 0.407 e. The zero-order chi connectivity index (χ0) is 20.8. The third-order valence-corrected chi connectivity index (χ3v) is 5.38. The van der Waals surface area contributed by atoms with E-state index in [9.17, 15) is 4.79 Å². The first-order chi connectivity index (χ1) is 14.8. The van der Waals surface area contributed by atoms with E-state index in [1.54, 1.807) is 0 Å². The van der Waals surface area contributed by atoms with Crippen molar-refractivity contribution < 1.29 is 9.53 Å². The Morgan fingerprint density at radius 1 is 0.933 bits per heavy atom. The van der Waals surface area contributed by atoms with Crippen LogP contribution in [0.2, 0.25) is 0 Å². The molecule has 0 bridgehead atoms. The number of rotatable bonds is 7. The molecule has 30 heavy (non-hydrogen) atoms. The Bertz CT molecular complexity index is 1040. The topological polar surface area (TPSA) is 38.3 Å². The summed E-state index contributed by atoms with van der Waals surface area (Å²) in [5, 5.41) is 2.83. The quantitative estimate of drug-likeness (QED) is 0.479. The second kappa shape index (κ2) is 9.27. The van der Waals surface area contributed by atoms with Crippen molar-refractivity contribution in [2.75, 3.05) is 13.2 Å². The van der Waals surface area contributed by atoms with Crippen molar-refractivity contribution in [3.05, 3.63) is 108 Å². The molecule has 0 saturated heterocycles. The van der Waals surface area contributed by atoms with E-state index in [0.717, 1.165) is 17.5 Å². The first-order valence-corrected chi connectivity index (χ1v) is 10.2. The number of nitrogens with one attached hydrogen (secondary N) is 1. The molecule has 3 heteroatoms. The lowest BCUT2D eigenvalue weighted by Gasteiger charge is -2.14. The highest BCUT2D eigenvalue weighted by Crippen LogP contribution is 2.44. The molecule has 4 rings (SSSR count). The lowest BCUT2D eigenvalue weighted by atomic mass is 9.98. The third-order valence-electron chi connectivity index (χ3n) is 5.38. The van der Waals surface area contributed by atoms with Gasteiger partial charge < -0.3 is 10.1 Å². The molecule has 0 atom stereocenters. The minimum Gasteiger partial charge on any atom is -0.449 e. The average Bonchev–Trinajstić information content (AvgIpc) is 3.11. The van der Waals surface area contributed by atoms with E-state index in [0.29, 0.717) is 13.2 Å². The minimum absolute atomic E-state index is 0.0835. The summed E-state index contributed by atoms with van der Waals surface area (Å²) in [6.07, 6.45) is 6.29. The maximum absolute atomic E-state index is 12.2. The molecule has 1 aliphatic rings. The van der Waals surface area contributed by atoms with Crippen LogP contribution in [0.25, 0.3) is 23.3 Å². The van der Waals surface area contributed by atoms with Crippen molar-refractivity contribution in [2.45, 2.75) is 12.3 Å². The maximum atomic E-state index is 12.2. The molecular formula is C27H25NO2. The molecule has 3 aromatic rings. The number of ether oxygens (including phenoxy) is 1. The molecule has 150 valence electrons. The summed E-state index contributed by atoms with van der Waals surface area (Å²) < 4.78 is 5.55. The molecule has 0 unspecified atom stereocenters. The molecule has 0 saturated carbocycles. The number of hydrogen-bond acceptors (Lipinski definition) is 2. The minimum atomic E-state index is -0.376. The lowest BCUT2D eigenvalue weighted by molar-refractivity contribution is 0.143. The molecule has 0 heterocycles. The first kappa shape index (κ1) is 19.7. The van der Waals surface area contributed by atoms with Crippen molar-refractivity contribution in [1.82, 2.24) is 5.32 Å². The van der Waals surface area contributed by atoms with Crippen molar-refractivity contribution in [3.63, 3.8) is 0 Å². The summed E-state index contributed by atoms with van der Waals surface area (Å²) in [5.41, 5.74) is 7.11. The van der Waals surface area contributed by atoms with Gasteiger partial charge in [0, 0.05) is 12.5 Å². The van der Waals surface area contributed by atoms with Gasteiger partial charge in [-0.25, -0.2) is 4.79 Å². The molecule has 1 aliphatic carbocycles. The predicted octanol–water partition coefficient (Wildman–Crippen LogP) is 6.27. The van der Waals surface area contributed by atoms with Gasteiger partial charge >= 0.3 is 6.09 Å². The summed E-state index contributed by atoms with van der Waals surface area (Å²) in [6, 6.07) is 24.8. The van der Waals surface area contributed by atoms with Crippen LogP contribution in [0.1, 0.15) is 34.6 Å². The Morgan fingerprint density at radius 3 is 2.30 bits per heavy atom. The van der Waals surface area contributed by atoms with Gasteiger partial charge in [0.25, 0.3) is 0 Å². The van der Waals surface area contributed by atoms with E-state index in [1.807, 2.05) is 60.7 Å². The molecule has 3 aromatic carbocycles. The summed E-state index contributed by atoms with van der Waals surface area (Å²) in [5.74, 6) is 0.0835. The van der Waals surface area contributed by atoms with E-state index in [-0.39, 0.29) is 12.0 Å². The van der Waals surface area contributed by atoms with Gasteiger partial charge in [0.05, 0.1) is 0 Å². The molecule has 0 radical (unpaired) electrons. The van der Waals surface area contributed by atoms with E-state index in [4.69, 9.17) is 4.74 Å². The third kappa shape index (κ3) is 4.36. The van der Waals surface area contributed by atoms with Crippen LogP contribution in [0, 0.1) is 0 Å². The number of fused-ring (bicyclic) bond motifs is 3. The van der Waals surface area contributed by atoms with Crippen LogP contribution in [-0.2, 0) is 4.74 Å². The van der Waals surface area contributed by atoms with Gasteiger partial charge in [0.2, 0.25) is 0 Å². The fourth-order valence-electron chi connectivity index (χ4n) is 3.92. The van der Waals surface area contributed by atoms with Crippen LogP contribution in [0.4, 0.5) is 4.79 Å². The molecule has 0 spiro atoms. The Labute approximate surface area is 177 Å². The fraction of sp³-hybridized carbons (Fsp3) is 0.148. The number of benzene rings is 3. The Hall–Kier alpha value is -3.59. The summed E-state index contributed by atoms with van der Waals surface area (Å²) in [4.78, 5) is 12.2. The summed E-state index contributed by atoms with van der Waals surface area (Å²) >= 11 is 0. The first-order valence-electron chi connectivity index (χ1n) is 10.2. The Morgan fingerprint density at radius 2 is 1.60 bits per heavy atom. The molecule has 0 aromatic heterocycles. The SMILES string of the molecule is C=Cc1cccc(C=CCCNC(=O)OCC2c3ccccc3-c3ccccc32)c1. The highest BCUT2D eigenvalue weighted by atomic mass is 16.5. The normalized spacial score (nSPS) is 12.4. The molecule has 0 fully saturated rings. The van der Waals surface area contributed by atoms with E-state index < -0.39 is 0 Å². The van der Waals surface area contributed by atoms with Gasteiger partial charge in [0.1, 0.15) is 6.61 Å². The van der Waals surface area contributed by atoms with Crippen LogP contribution < -0.4 is 5.32 Å². The highest BCUT2D eigenvalue weighted by Gasteiger charge is 2.28. The van der Waals surface area contributed by atoms with Crippen molar-refractivity contribution in [2.24, 2.45) is 0 Å². The second-order valence-electron chi connectivity index (χ2n) is 7.32. The van der Waals surface area contributed by atoms with Gasteiger partial charge in [-0.05, 0) is 45.9 Å². The summed E-state index contributed by atoms with van der Waals surface area (Å²) in [6.45, 7) is 4.66. The van der Waals surface area contributed by atoms with Gasteiger partial charge in [-0.2, -0.15) is 0 Å². The Balaban J connectivity index is 1.27. The zero-order valence-corrected chi connectivity index (χ0v) is 16.9. The van der Waals surface area contributed by atoms with E-state index in [1.165, 1.54) is 22.3 Å². The van der Waals surface area contributed by atoms with Gasteiger partial charge in [0.15, 0.2) is 0 Å². The van der Waals surface area contributed by atoms with E-state index in [2.05, 4.69) is 42.2 Å². The molecule has 1 N–H and O–H groups in total. The largest absolute Gasteiger partial charge is 0.449 e. The van der Waals surface area contributed by atoms with Crippen molar-refractivity contribution >= 4 is 18.2 Å². The Kier molecular flexibility index (Phi) is 6.09. The van der Waals surface area contributed by atoms with Gasteiger partial charge in [-0.3, -0.25) is 0 Å². The zero-order valence-electron chi connectivity index (χ0n) is 16.9. The molecule has 0 aliphatic heterocycles. The number of carbonyl (C=O) groups is 1. The second-order valence-corrected chi connectivity index (χ2v) is 7.32. The number of hydrogen-bond donors (Lipinski definition) is 1. The number of alkyl carbamates (subject to hydrolysis) is 1. The smallest absolute Gasteiger partial charge is 0.407 e. The standard InChI is InChI=1S/C27H25NO2/c1-2-20-11-9-12-21(18-20)10-7-8-17-28-27(29)30-19-26-24-15-5-3-13-22(24)23-14-4-6-16-25(23)26/h2-7,9-16,18,26H,1,8,17,19H2,(H,28,29).